The molecule has 0 radical (unpaired) electrons. The smallest absolute Gasteiger partial charge is 0.116 e. The van der Waals surface area contributed by atoms with Crippen molar-refractivity contribution in [3.05, 3.63) is 29.1 Å². The highest BCUT2D eigenvalue weighted by molar-refractivity contribution is 6.16. The quantitative estimate of drug-likeness (QED) is 0.627. The monoisotopic (exact) mass is 173 g/mol. The van der Waals surface area contributed by atoms with E-state index in [0.717, 1.165) is 11.4 Å². The van der Waals surface area contributed by atoms with Crippen molar-refractivity contribution >= 4 is 11.6 Å². The molecule has 0 amide bonds. The predicted molar refractivity (Wildman–Crippen MR) is 43.3 cm³/mol. The number of alkyl halides is 2. The van der Waals surface area contributed by atoms with Gasteiger partial charge in [-0.1, -0.05) is 6.07 Å². The Kier molecular flexibility index (Phi) is 2.83. The number of pyridine rings is 1. The Labute approximate surface area is 70.2 Å². The molecule has 60 valence electrons. The highest BCUT2D eigenvalue weighted by Gasteiger charge is 1.99. The summed E-state index contributed by atoms with van der Waals surface area (Å²) in [7, 11) is 0. The van der Waals surface area contributed by atoms with E-state index in [1.54, 1.807) is 19.1 Å². The van der Waals surface area contributed by atoms with E-state index in [1.165, 1.54) is 0 Å². The van der Waals surface area contributed by atoms with Crippen molar-refractivity contribution in [2.75, 3.05) is 0 Å². The zero-order chi connectivity index (χ0) is 8.27. The maximum Gasteiger partial charge on any atom is 0.116 e. The van der Waals surface area contributed by atoms with E-state index in [1.807, 2.05) is 0 Å². The maximum atomic E-state index is 12.1. The van der Waals surface area contributed by atoms with Gasteiger partial charge in [0.25, 0.3) is 0 Å². The first-order chi connectivity index (χ1) is 5.27. The lowest BCUT2D eigenvalue weighted by Gasteiger charge is -2.01. The van der Waals surface area contributed by atoms with Crippen molar-refractivity contribution in [3.63, 3.8) is 0 Å². The highest BCUT2D eigenvalue weighted by atomic mass is 35.5. The minimum atomic E-state index is -0.457. The number of hydrogen-bond acceptors (Lipinski definition) is 1. The van der Waals surface area contributed by atoms with Gasteiger partial charge in [-0.15, -0.1) is 11.6 Å². The average molecular weight is 174 g/mol. The van der Waals surface area contributed by atoms with Crippen LogP contribution in [0.3, 0.4) is 0 Å². The molecule has 0 aromatic carbocycles. The predicted octanol–water partition coefficient (Wildman–Crippen LogP) is 2.60. The van der Waals surface area contributed by atoms with Crippen molar-refractivity contribution in [2.45, 2.75) is 19.5 Å². The molecular formula is C8H9ClFN. The van der Waals surface area contributed by atoms with Gasteiger partial charge in [0.15, 0.2) is 0 Å². The number of aromatic nitrogens is 1. The van der Waals surface area contributed by atoms with Crippen molar-refractivity contribution in [1.29, 1.82) is 0 Å². The van der Waals surface area contributed by atoms with Gasteiger partial charge in [-0.2, -0.15) is 0 Å². The average Bonchev–Trinajstić information content (AvgIpc) is 2.04. The van der Waals surface area contributed by atoms with Crippen molar-refractivity contribution in [3.8, 4) is 0 Å². The molecule has 0 spiro atoms. The third-order valence-corrected chi connectivity index (χ3v) is 1.81. The summed E-state index contributed by atoms with van der Waals surface area (Å²) in [6, 6.07) is 3.47. The molecule has 0 bridgehead atoms. The van der Waals surface area contributed by atoms with Crippen molar-refractivity contribution in [2.24, 2.45) is 0 Å². The van der Waals surface area contributed by atoms with Gasteiger partial charge in [0, 0.05) is 11.3 Å². The Morgan fingerprint density at radius 2 is 2.27 bits per heavy atom. The van der Waals surface area contributed by atoms with Gasteiger partial charge in [-0.25, -0.2) is 4.39 Å². The number of hydrogen-bond donors (Lipinski definition) is 0. The van der Waals surface area contributed by atoms with Crippen LogP contribution in [0.4, 0.5) is 4.39 Å². The van der Waals surface area contributed by atoms with Crippen LogP contribution in [0.15, 0.2) is 12.1 Å². The summed E-state index contributed by atoms with van der Waals surface area (Å²) in [6.45, 7) is 1.33. The van der Waals surface area contributed by atoms with E-state index >= 15 is 0 Å². The van der Waals surface area contributed by atoms with E-state index < -0.39 is 6.67 Å². The maximum absolute atomic E-state index is 12.1. The van der Waals surface area contributed by atoms with Crippen LogP contribution in [0.5, 0.6) is 0 Å². The van der Waals surface area contributed by atoms with Gasteiger partial charge in [0.1, 0.15) is 6.67 Å². The highest BCUT2D eigenvalue weighted by Crippen LogP contribution is 2.09. The third kappa shape index (κ3) is 1.90. The van der Waals surface area contributed by atoms with Gasteiger partial charge in [-0.3, -0.25) is 4.98 Å². The van der Waals surface area contributed by atoms with E-state index in [2.05, 4.69) is 4.98 Å². The molecule has 1 nitrogen and oxygen atoms in total. The number of nitrogens with zero attached hydrogens (tertiary/aromatic N) is 1. The Hall–Kier alpha value is -0.630. The summed E-state index contributed by atoms with van der Waals surface area (Å²) in [5, 5.41) is 0. The van der Waals surface area contributed by atoms with Gasteiger partial charge in [-0.05, 0) is 13.0 Å². The molecule has 1 aromatic rings. The molecule has 0 atom stereocenters. The van der Waals surface area contributed by atoms with Gasteiger partial charge < -0.3 is 0 Å². The fourth-order valence-electron chi connectivity index (χ4n) is 0.858. The SMILES string of the molecule is Cc1nc(CCl)ccc1CF. The first kappa shape index (κ1) is 8.47. The first-order valence-corrected chi connectivity index (χ1v) is 3.88. The molecule has 0 aliphatic carbocycles. The number of aryl methyl sites for hydroxylation is 1. The third-order valence-electron chi connectivity index (χ3n) is 1.53. The lowest BCUT2D eigenvalue weighted by Crippen LogP contribution is -1.93. The minimum absolute atomic E-state index is 0.382. The number of halogens is 2. The van der Waals surface area contributed by atoms with Gasteiger partial charge >= 0.3 is 0 Å². The zero-order valence-corrected chi connectivity index (χ0v) is 7.03. The summed E-state index contributed by atoms with van der Waals surface area (Å²) in [4.78, 5) is 4.09. The second kappa shape index (κ2) is 3.67. The largest absolute Gasteiger partial charge is 0.257 e. The molecule has 0 saturated heterocycles. The topological polar surface area (TPSA) is 12.9 Å². The second-order valence-electron chi connectivity index (χ2n) is 2.31. The van der Waals surface area contributed by atoms with E-state index in [4.69, 9.17) is 11.6 Å². The molecule has 3 heteroatoms. The van der Waals surface area contributed by atoms with Crippen LogP contribution in [0.25, 0.3) is 0 Å². The fourth-order valence-corrected chi connectivity index (χ4v) is 1.01. The molecule has 1 rings (SSSR count). The van der Waals surface area contributed by atoms with Gasteiger partial charge in [0.2, 0.25) is 0 Å². The first-order valence-electron chi connectivity index (χ1n) is 3.35. The molecule has 1 aromatic heterocycles. The minimum Gasteiger partial charge on any atom is -0.257 e. The second-order valence-corrected chi connectivity index (χ2v) is 2.58. The lowest BCUT2D eigenvalue weighted by molar-refractivity contribution is 0.482. The summed E-state index contributed by atoms with van der Waals surface area (Å²) in [5.41, 5.74) is 2.16. The van der Waals surface area contributed by atoms with Crippen molar-refractivity contribution < 1.29 is 4.39 Å². The Balaban J connectivity index is 2.99. The van der Waals surface area contributed by atoms with Crippen LogP contribution in [-0.2, 0) is 12.6 Å². The summed E-state index contributed by atoms with van der Waals surface area (Å²) in [6.07, 6.45) is 0. The van der Waals surface area contributed by atoms with Crippen LogP contribution in [0.1, 0.15) is 17.0 Å². The molecule has 0 fully saturated rings. The molecule has 1 heterocycles. The van der Waals surface area contributed by atoms with Gasteiger partial charge in [0.05, 0.1) is 11.6 Å². The normalized spacial score (nSPS) is 10.1. The molecule has 0 saturated carbocycles. The standard InChI is InChI=1S/C8H9ClFN/c1-6-7(5-10)2-3-8(4-9)11-6/h2-3H,4-5H2,1H3. The van der Waals surface area contributed by atoms with Crippen LogP contribution >= 0.6 is 11.6 Å². The van der Waals surface area contributed by atoms with Crippen LogP contribution in [-0.4, -0.2) is 4.98 Å². The molecule has 0 aliphatic heterocycles. The Bertz CT molecular complexity index is 250. The molecular weight excluding hydrogens is 165 g/mol. The van der Waals surface area contributed by atoms with Crippen LogP contribution < -0.4 is 0 Å². The van der Waals surface area contributed by atoms with E-state index in [-0.39, 0.29) is 0 Å². The lowest BCUT2D eigenvalue weighted by atomic mass is 10.2. The van der Waals surface area contributed by atoms with Crippen LogP contribution in [0, 0.1) is 6.92 Å². The Morgan fingerprint density at radius 1 is 1.55 bits per heavy atom. The molecule has 0 unspecified atom stereocenters. The number of rotatable bonds is 2. The van der Waals surface area contributed by atoms with E-state index in [0.29, 0.717) is 11.4 Å². The molecule has 11 heavy (non-hydrogen) atoms. The summed E-state index contributed by atoms with van der Waals surface area (Å²) < 4.78 is 12.1. The summed E-state index contributed by atoms with van der Waals surface area (Å²) in [5.74, 6) is 0.382. The molecule has 0 N–H and O–H groups in total. The summed E-state index contributed by atoms with van der Waals surface area (Å²) >= 11 is 5.54. The zero-order valence-electron chi connectivity index (χ0n) is 6.27. The Morgan fingerprint density at radius 3 is 2.73 bits per heavy atom. The van der Waals surface area contributed by atoms with Crippen LogP contribution in [0.2, 0.25) is 0 Å². The van der Waals surface area contributed by atoms with Crippen molar-refractivity contribution in [1.82, 2.24) is 4.98 Å². The molecule has 0 aliphatic rings. The fraction of sp³-hybridized carbons (Fsp3) is 0.375. The van der Waals surface area contributed by atoms with E-state index in [9.17, 15) is 4.39 Å².